The predicted molar refractivity (Wildman–Crippen MR) is 71.3 cm³/mol. The van der Waals surface area contributed by atoms with Crippen LogP contribution in [0.2, 0.25) is 0 Å². The second-order valence-electron chi connectivity index (χ2n) is 3.96. The SMILES string of the molecule is Cc1cc(O)ccc1N=Cc1ccc(C#N)cc1. The van der Waals surface area contributed by atoms with Crippen molar-refractivity contribution < 1.29 is 5.11 Å². The van der Waals surface area contributed by atoms with Crippen LogP contribution >= 0.6 is 0 Å². The summed E-state index contributed by atoms with van der Waals surface area (Å²) < 4.78 is 0. The molecule has 0 aromatic heterocycles. The first-order chi connectivity index (χ1) is 8.69. The van der Waals surface area contributed by atoms with Crippen molar-refractivity contribution in [3.63, 3.8) is 0 Å². The van der Waals surface area contributed by atoms with Crippen molar-refractivity contribution in [2.24, 2.45) is 4.99 Å². The normalized spacial score (nSPS) is 10.4. The molecule has 0 radical (unpaired) electrons. The molecule has 18 heavy (non-hydrogen) atoms. The fourth-order valence-corrected chi connectivity index (χ4v) is 1.57. The van der Waals surface area contributed by atoms with E-state index >= 15 is 0 Å². The van der Waals surface area contributed by atoms with E-state index in [2.05, 4.69) is 11.1 Å². The molecule has 2 aromatic carbocycles. The van der Waals surface area contributed by atoms with Gasteiger partial charge in [0.05, 0.1) is 17.3 Å². The molecular weight excluding hydrogens is 224 g/mol. The Bertz CT molecular complexity index is 622. The third-order valence-corrected chi connectivity index (χ3v) is 2.57. The molecule has 0 unspecified atom stereocenters. The topological polar surface area (TPSA) is 56.4 Å². The largest absolute Gasteiger partial charge is 0.508 e. The van der Waals surface area contributed by atoms with Gasteiger partial charge in [-0.25, -0.2) is 0 Å². The van der Waals surface area contributed by atoms with Crippen molar-refractivity contribution in [1.29, 1.82) is 5.26 Å². The molecule has 2 aromatic rings. The summed E-state index contributed by atoms with van der Waals surface area (Å²) in [5.74, 6) is 0.241. The van der Waals surface area contributed by atoms with Crippen LogP contribution in [0.3, 0.4) is 0 Å². The number of aryl methyl sites for hydroxylation is 1. The lowest BCUT2D eigenvalue weighted by Gasteiger charge is -2.00. The molecule has 0 aliphatic rings. The van der Waals surface area contributed by atoms with E-state index in [0.29, 0.717) is 5.56 Å². The van der Waals surface area contributed by atoms with E-state index < -0.39 is 0 Å². The fraction of sp³-hybridized carbons (Fsp3) is 0.0667. The average Bonchev–Trinajstić information content (AvgIpc) is 2.38. The van der Waals surface area contributed by atoms with Crippen LogP contribution in [0.25, 0.3) is 0 Å². The Kier molecular flexibility index (Phi) is 3.40. The summed E-state index contributed by atoms with van der Waals surface area (Å²) in [4.78, 5) is 4.35. The molecule has 2 rings (SSSR count). The van der Waals surface area contributed by atoms with Crippen LogP contribution in [-0.2, 0) is 0 Å². The second-order valence-corrected chi connectivity index (χ2v) is 3.96. The Labute approximate surface area is 106 Å². The lowest BCUT2D eigenvalue weighted by Crippen LogP contribution is -1.82. The first-order valence-electron chi connectivity index (χ1n) is 5.53. The van der Waals surface area contributed by atoms with Gasteiger partial charge in [-0.05, 0) is 48.4 Å². The maximum atomic E-state index is 9.30. The smallest absolute Gasteiger partial charge is 0.115 e. The van der Waals surface area contributed by atoms with Crippen molar-refractivity contribution in [1.82, 2.24) is 0 Å². The van der Waals surface area contributed by atoms with Gasteiger partial charge in [-0.15, -0.1) is 0 Å². The van der Waals surface area contributed by atoms with Crippen molar-refractivity contribution in [2.45, 2.75) is 6.92 Å². The third-order valence-electron chi connectivity index (χ3n) is 2.57. The zero-order valence-electron chi connectivity index (χ0n) is 9.96. The van der Waals surface area contributed by atoms with E-state index in [1.807, 2.05) is 19.1 Å². The monoisotopic (exact) mass is 236 g/mol. The van der Waals surface area contributed by atoms with Crippen LogP contribution < -0.4 is 0 Å². The van der Waals surface area contributed by atoms with Gasteiger partial charge in [-0.2, -0.15) is 5.26 Å². The Balaban J connectivity index is 2.22. The van der Waals surface area contributed by atoms with E-state index in [9.17, 15) is 5.11 Å². The average molecular weight is 236 g/mol. The molecule has 0 bridgehead atoms. The van der Waals surface area contributed by atoms with Gasteiger partial charge in [-0.1, -0.05) is 12.1 Å². The minimum atomic E-state index is 0.241. The second kappa shape index (κ2) is 5.15. The highest BCUT2D eigenvalue weighted by Crippen LogP contribution is 2.22. The number of hydrogen-bond acceptors (Lipinski definition) is 3. The summed E-state index contributed by atoms with van der Waals surface area (Å²) in [7, 11) is 0. The summed E-state index contributed by atoms with van der Waals surface area (Å²) in [5.41, 5.74) is 3.30. The highest BCUT2D eigenvalue weighted by Gasteiger charge is 1.97. The number of nitrogens with zero attached hydrogens (tertiary/aromatic N) is 2. The maximum Gasteiger partial charge on any atom is 0.115 e. The number of aliphatic imine (C=N–C) groups is 1. The molecule has 88 valence electrons. The molecule has 0 heterocycles. The molecule has 3 nitrogen and oxygen atoms in total. The number of nitriles is 1. The molecule has 1 N–H and O–H groups in total. The van der Waals surface area contributed by atoms with Gasteiger partial charge in [0.15, 0.2) is 0 Å². The van der Waals surface area contributed by atoms with Crippen LogP contribution in [0.15, 0.2) is 47.5 Å². The van der Waals surface area contributed by atoms with Gasteiger partial charge in [0.2, 0.25) is 0 Å². The van der Waals surface area contributed by atoms with Gasteiger partial charge < -0.3 is 5.11 Å². The van der Waals surface area contributed by atoms with Gasteiger partial charge in [0.25, 0.3) is 0 Å². The first kappa shape index (κ1) is 11.9. The number of hydrogen-bond donors (Lipinski definition) is 1. The zero-order chi connectivity index (χ0) is 13.0. The van der Waals surface area contributed by atoms with Crippen LogP contribution in [0.1, 0.15) is 16.7 Å². The zero-order valence-corrected chi connectivity index (χ0v) is 9.96. The molecule has 3 heteroatoms. The lowest BCUT2D eigenvalue weighted by molar-refractivity contribution is 0.475. The predicted octanol–water partition coefficient (Wildman–Crippen LogP) is 3.32. The van der Waals surface area contributed by atoms with E-state index in [1.54, 1.807) is 36.5 Å². The van der Waals surface area contributed by atoms with Crippen LogP contribution in [0, 0.1) is 18.3 Å². The summed E-state index contributed by atoms with van der Waals surface area (Å²) in [6.45, 7) is 1.89. The molecule has 0 spiro atoms. The molecule has 0 aliphatic heterocycles. The van der Waals surface area contributed by atoms with E-state index in [1.165, 1.54) is 0 Å². The molecule has 0 saturated heterocycles. The number of rotatable bonds is 2. The van der Waals surface area contributed by atoms with Crippen LogP contribution in [-0.4, -0.2) is 11.3 Å². The van der Waals surface area contributed by atoms with Crippen LogP contribution in [0.5, 0.6) is 5.75 Å². The Morgan fingerprint density at radius 3 is 2.50 bits per heavy atom. The number of aromatic hydroxyl groups is 1. The highest BCUT2D eigenvalue weighted by molar-refractivity contribution is 5.82. The summed E-state index contributed by atoms with van der Waals surface area (Å²) in [5, 5.41) is 18.0. The standard InChI is InChI=1S/C15H12N2O/c1-11-8-14(18)6-7-15(11)17-10-13-4-2-12(9-16)3-5-13/h2-8,10,18H,1H3. The molecule has 0 fully saturated rings. The molecule has 0 atom stereocenters. The van der Waals surface area contributed by atoms with Crippen molar-refractivity contribution in [2.75, 3.05) is 0 Å². The summed E-state index contributed by atoms with van der Waals surface area (Å²) >= 11 is 0. The van der Waals surface area contributed by atoms with Crippen molar-refractivity contribution in [3.05, 3.63) is 59.2 Å². The fourth-order valence-electron chi connectivity index (χ4n) is 1.57. The molecular formula is C15H12N2O. The summed E-state index contributed by atoms with van der Waals surface area (Å²) in [6.07, 6.45) is 1.74. The van der Waals surface area contributed by atoms with Gasteiger partial charge in [0.1, 0.15) is 5.75 Å². The summed E-state index contributed by atoms with van der Waals surface area (Å²) in [6, 6.07) is 14.3. The Hall–Kier alpha value is -2.60. The molecule has 0 saturated carbocycles. The van der Waals surface area contributed by atoms with Gasteiger partial charge in [0, 0.05) is 6.21 Å². The van der Waals surface area contributed by atoms with Crippen LogP contribution in [0.4, 0.5) is 5.69 Å². The number of benzene rings is 2. The van der Waals surface area contributed by atoms with Crippen molar-refractivity contribution >= 4 is 11.9 Å². The Morgan fingerprint density at radius 2 is 1.89 bits per heavy atom. The minimum absolute atomic E-state index is 0.241. The maximum absolute atomic E-state index is 9.30. The Morgan fingerprint density at radius 1 is 1.17 bits per heavy atom. The van der Waals surface area contributed by atoms with Crippen molar-refractivity contribution in [3.8, 4) is 11.8 Å². The highest BCUT2D eigenvalue weighted by atomic mass is 16.3. The van der Waals surface area contributed by atoms with Gasteiger partial charge in [-0.3, -0.25) is 4.99 Å². The van der Waals surface area contributed by atoms with Gasteiger partial charge >= 0.3 is 0 Å². The minimum Gasteiger partial charge on any atom is -0.508 e. The first-order valence-corrected chi connectivity index (χ1v) is 5.53. The number of phenolic OH excluding ortho intramolecular Hbond substituents is 1. The van der Waals surface area contributed by atoms with E-state index in [0.717, 1.165) is 16.8 Å². The molecule has 0 amide bonds. The molecule has 0 aliphatic carbocycles. The van der Waals surface area contributed by atoms with E-state index in [-0.39, 0.29) is 5.75 Å². The lowest BCUT2D eigenvalue weighted by atomic mass is 10.1. The quantitative estimate of drug-likeness (QED) is 0.813. The van der Waals surface area contributed by atoms with E-state index in [4.69, 9.17) is 5.26 Å². The third kappa shape index (κ3) is 2.74. The number of phenols is 1.